The second-order valence-electron chi connectivity index (χ2n) is 4.64. The first-order valence-corrected chi connectivity index (χ1v) is 6.65. The van der Waals surface area contributed by atoms with Gasteiger partial charge in [-0.3, -0.25) is 9.59 Å². The van der Waals surface area contributed by atoms with Crippen molar-refractivity contribution in [3.05, 3.63) is 33.8 Å². The Morgan fingerprint density at radius 2 is 1.76 bits per heavy atom. The van der Waals surface area contributed by atoms with E-state index >= 15 is 0 Å². The van der Waals surface area contributed by atoms with Gasteiger partial charge in [0.1, 0.15) is 0 Å². The van der Waals surface area contributed by atoms with E-state index in [4.69, 9.17) is 0 Å². The number of hydrogen-bond acceptors (Lipinski definition) is 2. The summed E-state index contributed by atoms with van der Waals surface area (Å²) < 4.78 is 38.2. The lowest BCUT2D eigenvalue weighted by atomic mass is 10.1. The van der Waals surface area contributed by atoms with E-state index in [9.17, 15) is 22.8 Å². The van der Waals surface area contributed by atoms with Crippen molar-refractivity contribution in [2.45, 2.75) is 6.18 Å². The van der Waals surface area contributed by atoms with Crippen molar-refractivity contribution in [3.63, 3.8) is 0 Å². The molecule has 1 rings (SSSR count). The van der Waals surface area contributed by atoms with E-state index in [0.717, 1.165) is 17.0 Å². The molecule has 2 amide bonds. The molecule has 0 bridgehead atoms. The molecule has 8 heteroatoms. The van der Waals surface area contributed by atoms with E-state index in [-0.39, 0.29) is 22.5 Å². The normalized spacial score (nSPS) is 11.2. The molecule has 1 aromatic carbocycles. The van der Waals surface area contributed by atoms with Crippen LogP contribution in [-0.4, -0.2) is 49.3 Å². The lowest BCUT2D eigenvalue weighted by molar-refractivity contribution is -0.138. The fourth-order valence-corrected chi connectivity index (χ4v) is 1.98. The Hall–Kier alpha value is -1.57. The largest absolute Gasteiger partial charge is 0.417 e. The number of carbonyl (C=O) groups excluding carboxylic acids is 2. The van der Waals surface area contributed by atoms with Crippen LogP contribution in [0.5, 0.6) is 0 Å². The summed E-state index contributed by atoms with van der Waals surface area (Å²) >= 11 is 2.81. The fraction of sp³-hybridized carbons (Fsp3) is 0.385. The van der Waals surface area contributed by atoms with E-state index < -0.39 is 17.6 Å². The van der Waals surface area contributed by atoms with Crippen molar-refractivity contribution in [3.8, 4) is 0 Å². The van der Waals surface area contributed by atoms with Crippen molar-refractivity contribution in [2.75, 3.05) is 27.7 Å². The first-order chi connectivity index (χ1) is 9.54. The summed E-state index contributed by atoms with van der Waals surface area (Å²) in [7, 11) is 4.42. The van der Waals surface area contributed by atoms with E-state index in [0.29, 0.717) is 0 Å². The average Bonchev–Trinajstić information content (AvgIpc) is 2.36. The summed E-state index contributed by atoms with van der Waals surface area (Å²) in [5.41, 5.74) is -1.06. The molecule has 0 aliphatic rings. The fourth-order valence-electron chi connectivity index (χ4n) is 1.51. The van der Waals surface area contributed by atoms with E-state index in [2.05, 4.69) is 15.9 Å². The van der Waals surface area contributed by atoms with Crippen LogP contribution in [0.1, 0.15) is 15.9 Å². The van der Waals surface area contributed by atoms with Crippen LogP contribution in [0.15, 0.2) is 22.7 Å². The summed E-state index contributed by atoms with van der Waals surface area (Å²) in [6, 6.07) is 3.21. The van der Waals surface area contributed by atoms with Crippen LogP contribution >= 0.6 is 15.9 Å². The SMILES string of the molecule is CN(C)C(=O)CN(C)C(=O)c1ccc(Br)c(C(F)(F)F)c1. The number of likely N-dealkylation sites (N-methyl/N-ethyl adjacent to an activating group) is 2. The second kappa shape index (κ2) is 6.46. The summed E-state index contributed by atoms with van der Waals surface area (Å²) in [5.74, 6) is -0.970. The molecule has 1 aromatic rings. The van der Waals surface area contributed by atoms with E-state index in [1.54, 1.807) is 0 Å². The highest BCUT2D eigenvalue weighted by Crippen LogP contribution is 2.35. The van der Waals surface area contributed by atoms with Gasteiger partial charge in [0.25, 0.3) is 5.91 Å². The van der Waals surface area contributed by atoms with Crippen molar-refractivity contribution in [1.29, 1.82) is 0 Å². The molecule has 116 valence electrons. The van der Waals surface area contributed by atoms with Gasteiger partial charge < -0.3 is 9.80 Å². The predicted octanol–water partition coefficient (Wildman–Crippen LogP) is 2.63. The van der Waals surface area contributed by atoms with Crippen LogP contribution in [-0.2, 0) is 11.0 Å². The molecule has 0 aromatic heterocycles. The van der Waals surface area contributed by atoms with Gasteiger partial charge in [-0.25, -0.2) is 0 Å². The van der Waals surface area contributed by atoms with Gasteiger partial charge >= 0.3 is 6.18 Å². The zero-order valence-electron chi connectivity index (χ0n) is 11.7. The first-order valence-electron chi connectivity index (χ1n) is 5.86. The molecule has 21 heavy (non-hydrogen) atoms. The molecule has 0 spiro atoms. The third-order valence-corrected chi connectivity index (χ3v) is 3.43. The van der Waals surface area contributed by atoms with Crippen LogP contribution in [0.2, 0.25) is 0 Å². The third-order valence-electron chi connectivity index (χ3n) is 2.74. The van der Waals surface area contributed by atoms with Crippen LogP contribution in [0, 0.1) is 0 Å². The molecule has 0 saturated carbocycles. The summed E-state index contributed by atoms with van der Waals surface area (Å²) in [6.45, 7) is -0.205. The maximum absolute atomic E-state index is 12.8. The quantitative estimate of drug-likeness (QED) is 0.824. The average molecular weight is 367 g/mol. The second-order valence-corrected chi connectivity index (χ2v) is 5.50. The van der Waals surface area contributed by atoms with Gasteiger partial charge in [-0.2, -0.15) is 13.2 Å². The summed E-state index contributed by atoms with van der Waals surface area (Å²) in [5, 5.41) is 0. The maximum Gasteiger partial charge on any atom is 0.417 e. The monoisotopic (exact) mass is 366 g/mol. The Balaban J connectivity index is 3.01. The van der Waals surface area contributed by atoms with Crippen molar-refractivity contribution >= 4 is 27.7 Å². The summed E-state index contributed by atoms with van der Waals surface area (Å²) in [6.07, 6.45) is -4.56. The molecule has 0 N–H and O–H groups in total. The lowest BCUT2D eigenvalue weighted by Crippen LogP contribution is -2.37. The van der Waals surface area contributed by atoms with Crippen LogP contribution in [0.25, 0.3) is 0 Å². The molecule has 0 aliphatic carbocycles. The van der Waals surface area contributed by atoms with Gasteiger partial charge in [-0.15, -0.1) is 0 Å². The van der Waals surface area contributed by atoms with Gasteiger partial charge in [0, 0.05) is 31.2 Å². The van der Waals surface area contributed by atoms with Crippen molar-refractivity contribution in [1.82, 2.24) is 9.80 Å². The topological polar surface area (TPSA) is 40.6 Å². The minimum Gasteiger partial charge on any atom is -0.347 e. The number of carbonyl (C=O) groups is 2. The maximum atomic E-state index is 12.8. The number of amides is 2. The van der Waals surface area contributed by atoms with Crippen molar-refractivity contribution in [2.24, 2.45) is 0 Å². The number of hydrogen-bond donors (Lipinski definition) is 0. The molecular weight excluding hydrogens is 353 g/mol. The standard InChI is InChI=1S/C13H14BrF3N2O2/c1-18(2)11(20)7-19(3)12(21)8-4-5-10(14)9(6-8)13(15,16)17/h4-6H,7H2,1-3H3. The van der Waals surface area contributed by atoms with E-state index in [1.165, 1.54) is 32.1 Å². The predicted molar refractivity (Wildman–Crippen MR) is 74.8 cm³/mol. The zero-order valence-corrected chi connectivity index (χ0v) is 13.2. The van der Waals surface area contributed by atoms with Gasteiger partial charge in [-0.05, 0) is 18.2 Å². The Labute approximate surface area is 128 Å². The number of halogens is 4. The molecule has 0 atom stereocenters. The molecule has 0 saturated heterocycles. The van der Waals surface area contributed by atoms with Gasteiger partial charge in [0.15, 0.2) is 0 Å². The highest BCUT2D eigenvalue weighted by molar-refractivity contribution is 9.10. The lowest BCUT2D eigenvalue weighted by Gasteiger charge is -2.20. The summed E-state index contributed by atoms with van der Waals surface area (Å²) in [4.78, 5) is 26.0. The number of benzene rings is 1. The van der Waals surface area contributed by atoms with Gasteiger partial charge in [-0.1, -0.05) is 15.9 Å². The van der Waals surface area contributed by atoms with Crippen LogP contribution in [0.4, 0.5) is 13.2 Å². The number of alkyl halides is 3. The molecule has 4 nitrogen and oxygen atoms in total. The minimum absolute atomic E-state index is 0.125. The van der Waals surface area contributed by atoms with Crippen molar-refractivity contribution < 1.29 is 22.8 Å². The molecule has 0 fully saturated rings. The van der Waals surface area contributed by atoms with Gasteiger partial charge in [0.05, 0.1) is 12.1 Å². The Kier molecular flexibility index (Phi) is 5.38. The van der Waals surface area contributed by atoms with Crippen LogP contribution in [0.3, 0.4) is 0 Å². The zero-order chi connectivity index (χ0) is 16.4. The third kappa shape index (κ3) is 4.45. The molecule has 0 radical (unpaired) electrons. The molecule has 0 unspecified atom stereocenters. The Morgan fingerprint density at radius 3 is 2.24 bits per heavy atom. The highest BCUT2D eigenvalue weighted by atomic mass is 79.9. The Bertz CT molecular complexity index is 559. The van der Waals surface area contributed by atoms with Gasteiger partial charge in [0.2, 0.25) is 5.91 Å². The first kappa shape index (κ1) is 17.5. The molecular formula is C13H14BrF3N2O2. The molecule has 0 heterocycles. The number of nitrogens with zero attached hydrogens (tertiary/aromatic N) is 2. The minimum atomic E-state index is -4.56. The van der Waals surface area contributed by atoms with Crippen LogP contribution < -0.4 is 0 Å². The molecule has 0 aliphatic heterocycles. The number of rotatable bonds is 3. The smallest absolute Gasteiger partial charge is 0.347 e. The van der Waals surface area contributed by atoms with E-state index in [1.807, 2.05) is 0 Å². The Morgan fingerprint density at radius 1 is 1.19 bits per heavy atom. The highest BCUT2D eigenvalue weighted by Gasteiger charge is 2.33.